The molecule has 1 aromatic rings. The largest absolute Gasteiger partial charge is 0.612 e. The van der Waals surface area contributed by atoms with Gasteiger partial charge in [0, 0.05) is 6.08 Å². The van der Waals surface area contributed by atoms with Crippen LogP contribution in [0.3, 0.4) is 0 Å². The lowest BCUT2D eigenvalue weighted by Gasteiger charge is -2.13. The maximum atomic E-state index is 10.9. The number of hydrogen-bond acceptors (Lipinski definition) is 7. The van der Waals surface area contributed by atoms with Crippen LogP contribution in [0.4, 0.5) is 0 Å². The van der Waals surface area contributed by atoms with Crippen molar-refractivity contribution in [2.75, 3.05) is 0 Å². The number of fused-ring (bicyclic) bond motifs is 1. The Morgan fingerprint density at radius 2 is 2.12 bits per heavy atom. The van der Waals surface area contributed by atoms with Crippen molar-refractivity contribution in [3.8, 4) is 0 Å². The van der Waals surface area contributed by atoms with Crippen LogP contribution in [0.2, 0.25) is 0 Å². The van der Waals surface area contributed by atoms with Crippen molar-refractivity contribution in [2.45, 2.75) is 5.25 Å². The number of aromatic nitrogens is 2. The summed E-state index contributed by atoms with van der Waals surface area (Å²) in [5, 5.41) is 26.1. The molecule has 0 radical (unpaired) electrons. The van der Waals surface area contributed by atoms with E-state index < -0.39 is 26.0 Å². The van der Waals surface area contributed by atoms with Crippen LogP contribution in [0.25, 0.3) is 0 Å². The van der Waals surface area contributed by atoms with Gasteiger partial charge in [-0.1, -0.05) is 11.2 Å². The maximum Gasteiger partial charge on any atom is 0.277 e. The zero-order valence-corrected chi connectivity index (χ0v) is 8.29. The zero-order chi connectivity index (χ0) is 11.9. The molecule has 0 amide bonds. The van der Waals surface area contributed by atoms with E-state index in [0.29, 0.717) is 0 Å². The van der Waals surface area contributed by atoms with Crippen LogP contribution in [-0.2, 0) is 10.1 Å². The molecule has 0 aromatic carbocycles. The van der Waals surface area contributed by atoms with Gasteiger partial charge in [-0.25, -0.2) is 4.63 Å². The van der Waals surface area contributed by atoms with Gasteiger partial charge < -0.3 is 10.4 Å². The lowest BCUT2D eigenvalue weighted by atomic mass is 10.1. The van der Waals surface area contributed by atoms with Crippen LogP contribution in [0.15, 0.2) is 16.8 Å². The quantitative estimate of drug-likeness (QED) is 0.391. The average Bonchev–Trinajstić information content (AvgIpc) is 2.61. The summed E-state index contributed by atoms with van der Waals surface area (Å²) in [4.78, 5) is -0.750. The van der Waals surface area contributed by atoms with E-state index in [1.54, 1.807) is 0 Å². The second-order valence-corrected chi connectivity index (χ2v) is 4.47. The van der Waals surface area contributed by atoms with Gasteiger partial charge in [-0.05, 0) is 5.16 Å². The monoisotopic (exact) mass is 246 g/mol. The SMILES string of the molecule is O=S(=O)(O)C1C=CC(=[N+]([O-])[O-])c2nonc21. The first kappa shape index (κ1) is 10.6. The highest BCUT2D eigenvalue weighted by atomic mass is 32.2. The third kappa shape index (κ3) is 1.53. The predicted molar refractivity (Wildman–Crippen MR) is 48.8 cm³/mol. The van der Waals surface area contributed by atoms with E-state index in [0.717, 1.165) is 12.2 Å². The fraction of sp³-hybridized carbons (Fsp3) is 0.167. The van der Waals surface area contributed by atoms with Crippen LogP contribution in [-0.4, -0.2) is 33.9 Å². The summed E-state index contributed by atoms with van der Waals surface area (Å²) in [7, 11) is -4.44. The Labute approximate surface area is 88.6 Å². The Kier molecular flexibility index (Phi) is 2.17. The van der Waals surface area contributed by atoms with Gasteiger partial charge in [0.15, 0.2) is 5.25 Å². The smallest absolute Gasteiger partial charge is 0.277 e. The highest BCUT2D eigenvalue weighted by Gasteiger charge is 2.36. The van der Waals surface area contributed by atoms with Crippen LogP contribution >= 0.6 is 0 Å². The predicted octanol–water partition coefficient (Wildman–Crippen LogP) is -0.634. The van der Waals surface area contributed by atoms with Crippen molar-refractivity contribution in [1.29, 1.82) is 0 Å². The summed E-state index contributed by atoms with van der Waals surface area (Å²) in [5.74, 6) is 0. The number of allylic oxidation sites excluding steroid dienone is 1. The van der Waals surface area contributed by atoms with Gasteiger partial charge in [-0.3, -0.25) is 4.55 Å². The van der Waals surface area contributed by atoms with Gasteiger partial charge in [0.2, 0.25) is 5.69 Å². The molecule has 0 bridgehead atoms. The van der Waals surface area contributed by atoms with Crippen LogP contribution in [0.1, 0.15) is 16.6 Å². The van der Waals surface area contributed by atoms with Crippen molar-refractivity contribution in [3.63, 3.8) is 0 Å². The minimum absolute atomic E-state index is 0.295. The van der Waals surface area contributed by atoms with Crippen LogP contribution in [0.5, 0.6) is 0 Å². The van der Waals surface area contributed by atoms with Gasteiger partial charge in [0.1, 0.15) is 5.69 Å². The van der Waals surface area contributed by atoms with E-state index in [4.69, 9.17) is 4.55 Å². The highest BCUT2D eigenvalue weighted by Crippen LogP contribution is 2.28. The topological polar surface area (TPSA) is 142 Å². The first-order valence-electron chi connectivity index (χ1n) is 3.90. The summed E-state index contributed by atoms with van der Waals surface area (Å²) >= 11 is 0. The van der Waals surface area contributed by atoms with Crippen molar-refractivity contribution in [3.05, 3.63) is 34.0 Å². The number of nitrogens with zero attached hydrogens (tertiary/aromatic N) is 3. The molecule has 9 nitrogen and oxygen atoms in total. The lowest BCUT2D eigenvalue weighted by molar-refractivity contribution is -0.377. The van der Waals surface area contributed by atoms with Crippen LogP contribution in [0, 0.1) is 10.4 Å². The molecule has 10 heteroatoms. The second kappa shape index (κ2) is 3.28. The minimum Gasteiger partial charge on any atom is -0.612 e. The molecule has 1 heterocycles. The van der Waals surface area contributed by atoms with Crippen molar-refractivity contribution in [1.82, 2.24) is 10.3 Å². The standard InChI is InChI=1S/C6H4N3O6S/c10-9(11)3-1-2-4(16(12,13)14)6-5(3)7-15-8-6/h1-2,4H,(H-,10,11,12,13,14)/q-1. The normalized spacial score (nSPS) is 19.6. The molecule has 0 saturated carbocycles. The number of hydrogen-bond donors (Lipinski definition) is 1. The van der Waals surface area contributed by atoms with Gasteiger partial charge in [0.25, 0.3) is 15.8 Å². The zero-order valence-electron chi connectivity index (χ0n) is 7.47. The first-order chi connectivity index (χ1) is 7.41. The Morgan fingerprint density at radius 3 is 2.69 bits per heavy atom. The summed E-state index contributed by atoms with van der Waals surface area (Å²) in [5.41, 5.74) is -1.03. The van der Waals surface area contributed by atoms with E-state index in [1.165, 1.54) is 0 Å². The molecule has 1 unspecified atom stereocenters. The molecule has 16 heavy (non-hydrogen) atoms. The van der Waals surface area contributed by atoms with Crippen LogP contribution < -0.4 is 0 Å². The fourth-order valence-corrected chi connectivity index (χ4v) is 2.01. The Morgan fingerprint density at radius 1 is 1.44 bits per heavy atom. The molecule has 1 aromatic heterocycles. The highest BCUT2D eigenvalue weighted by molar-refractivity contribution is 7.86. The second-order valence-electron chi connectivity index (χ2n) is 2.94. The molecule has 1 atom stereocenters. The molecular formula is C6H4N3O6S-. The van der Waals surface area contributed by atoms with Gasteiger partial charge in [-0.2, -0.15) is 13.3 Å². The van der Waals surface area contributed by atoms with E-state index in [1.807, 2.05) is 0 Å². The third-order valence-corrected chi connectivity index (χ3v) is 2.99. The average molecular weight is 246 g/mol. The summed E-state index contributed by atoms with van der Waals surface area (Å²) in [6.45, 7) is 0. The minimum atomic E-state index is -4.44. The maximum absolute atomic E-state index is 10.9. The molecule has 0 fully saturated rings. The molecular weight excluding hydrogens is 242 g/mol. The van der Waals surface area contributed by atoms with E-state index >= 15 is 0 Å². The molecule has 1 aliphatic rings. The molecule has 0 aliphatic heterocycles. The lowest BCUT2D eigenvalue weighted by Crippen LogP contribution is -2.21. The van der Waals surface area contributed by atoms with Gasteiger partial charge in [-0.15, -0.1) is 0 Å². The third-order valence-electron chi connectivity index (χ3n) is 1.97. The summed E-state index contributed by atoms with van der Waals surface area (Å²) < 4.78 is 35.0. The van der Waals surface area contributed by atoms with E-state index in [2.05, 4.69) is 14.9 Å². The van der Waals surface area contributed by atoms with E-state index in [9.17, 15) is 18.8 Å². The van der Waals surface area contributed by atoms with Gasteiger partial charge in [0.05, 0.1) is 0 Å². The Hall–Kier alpha value is -1.94. The molecule has 86 valence electrons. The Balaban J connectivity index is 2.65. The van der Waals surface area contributed by atoms with Crippen molar-refractivity contribution >= 4 is 15.8 Å². The summed E-state index contributed by atoms with van der Waals surface area (Å²) in [6.07, 6.45) is 1.88. The molecule has 1 aliphatic carbocycles. The molecule has 2 rings (SSSR count). The number of rotatable bonds is 1. The van der Waals surface area contributed by atoms with Crippen molar-refractivity contribution in [2.24, 2.45) is 0 Å². The van der Waals surface area contributed by atoms with E-state index in [-0.39, 0.29) is 11.4 Å². The van der Waals surface area contributed by atoms with Gasteiger partial charge >= 0.3 is 0 Å². The molecule has 0 spiro atoms. The van der Waals surface area contributed by atoms with Crippen molar-refractivity contribution < 1.29 is 22.5 Å². The Bertz CT molecular complexity index is 581. The molecule has 1 N–H and O–H groups in total. The summed E-state index contributed by atoms with van der Waals surface area (Å²) in [6, 6.07) is 0. The fourth-order valence-electron chi connectivity index (χ4n) is 1.30. The first-order valence-corrected chi connectivity index (χ1v) is 5.40. The molecule has 0 saturated heterocycles.